The summed E-state index contributed by atoms with van der Waals surface area (Å²) < 4.78 is 11.8. The molecule has 6 nitrogen and oxygen atoms in total. The summed E-state index contributed by atoms with van der Waals surface area (Å²) in [5.41, 5.74) is 7.60. The lowest BCUT2D eigenvalue weighted by molar-refractivity contribution is 0.0589. The number of carbonyl (C=O) groups is 1. The lowest BCUT2D eigenvalue weighted by atomic mass is 9.81. The predicted octanol–water partition coefficient (Wildman–Crippen LogP) is 6.73. The van der Waals surface area contributed by atoms with Crippen molar-refractivity contribution in [1.29, 1.82) is 0 Å². The predicted molar refractivity (Wildman–Crippen MR) is 131 cm³/mol. The fraction of sp³-hybridized carbons (Fsp3) is 0.500. The zero-order valence-corrected chi connectivity index (χ0v) is 21.1. The third-order valence-corrected chi connectivity index (χ3v) is 4.97. The van der Waals surface area contributed by atoms with Gasteiger partial charge in [-0.3, -0.25) is 4.90 Å². The minimum atomic E-state index is -0.620. The molecule has 176 valence electrons. The zero-order valence-electron chi connectivity index (χ0n) is 21.1. The average Bonchev–Trinajstić information content (AvgIpc) is 2.60. The van der Waals surface area contributed by atoms with Crippen molar-refractivity contribution >= 4 is 17.5 Å². The largest absolute Gasteiger partial charge is 0.508 e. The van der Waals surface area contributed by atoms with Crippen LogP contribution in [0.15, 0.2) is 30.3 Å². The Morgan fingerprint density at radius 1 is 0.906 bits per heavy atom. The summed E-state index contributed by atoms with van der Waals surface area (Å²) in [4.78, 5) is 13.9. The summed E-state index contributed by atoms with van der Waals surface area (Å²) in [5.74, 6) is 1.42. The maximum atomic E-state index is 12.5. The highest BCUT2D eigenvalue weighted by Gasteiger charge is 2.27. The molecule has 0 aromatic heterocycles. The number of phenolic OH excluding ortho intramolecular Hbond substituents is 1. The van der Waals surface area contributed by atoms with Gasteiger partial charge in [0.1, 0.15) is 22.8 Å². The molecule has 0 aliphatic rings. The van der Waals surface area contributed by atoms with E-state index in [1.54, 1.807) is 31.3 Å². The second-order valence-corrected chi connectivity index (χ2v) is 11.2. The molecule has 2 aromatic rings. The van der Waals surface area contributed by atoms with E-state index < -0.39 is 11.7 Å². The number of benzene rings is 2. The topological polar surface area (TPSA) is 85.0 Å². The van der Waals surface area contributed by atoms with Gasteiger partial charge in [-0.25, -0.2) is 4.79 Å². The lowest BCUT2D eigenvalue weighted by Gasteiger charge is -2.28. The van der Waals surface area contributed by atoms with Crippen molar-refractivity contribution < 1.29 is 19.4 Å². The molecule has 1 amide bonds. The van der Waals surface area contributed by atoms with Gasteiger partial charge >= 0.3 is 6.09 Å². The van der Waals surface area contributed by atoms with Crippen molar-refractivity contribution in [3.8, 4) is 17.2 Å². The van der Waals surface area contributed by atoms with Crippen molar-refractivity contribution in [2.75, 3.05) is 17.7 Å². The van der Waals surface area contributed by atoms with Crippen LogP contribution in [0, 0.1) is 0 Å². The monoisotopic (exact) mass is 442 g/mol. The Labute approximate surface area is 192 Å². The number of nitrogens with zero attached hydrogens (tertiary/aromatic N) is 1. The Balaban J connectivity index is 2.51. The molecule has 0 saturated carbocycles. The fourth-order valence-corrected chi connectivity index (χ4v) is 3.27. The lowest BCUT2D eigenvalue weighted by Crippen LogP contribution is -2.34. The first-order valence-corrected chi connectivity index (χ1v) is 10.8. The van der Waals surface area contributed by atoms with E-state index in [4.69, 9.17) is 15.2 Å². The highest BCUT2D eigenvalue weighted by molar-refractivity contribution is 5.91. The van der Waals surface area contributed by atoms with Crippen LogP contribution in [-0.2, 0) is 15.6 Å². The van der Waals surface area contributed by atoms with Crippen LogP contribution in [0.3, 0.4) is 0 Å². The van der Waals surface area contributed by atoms with Crippen LogP contribution in [0.25, 0.3) is 0 Å². The van der Waals surface area contributed by atoms with E-state index in [0.29, 0.717) is 22.9 Å². The molecule has 0 aliphatic carbocycles. The van der Waals surface area contributed by atoms with Crippen LogP contribution in [0.2, 0.25) is 0 Å². The summed E-state index contributed by atoms with van der Waals surface area (Å²) in [6.07, 6.45) is -0.503. The molecule has 6 heteroatoms. The minimum absolute atomic E-state index is 0.248. The van der Waals surface area contributed by atoms with Crippen molar-refractivity contribution in [1.82, 2.24) is 0 Å². The molecular weight excluding hydrogens is 404 g/mol. The van der Waals surface area contributed by atoms with Gasteiger partial charge in [-0.2, -0.15) is 0 Å². The number of hydrogen-bond donors (Lipinski definition) is 2. The van der Waals surface area contributed by atoms with Crippen LogP contribution in [0.4, 0.5) is 16.2 Å². The van der Waals surface area contributed by atoms with Gasteiger partial charge in [0.05, 0.1) is 11.4 Å². The first kappa shape index (κ1) is 25.4. The van der Waals surface area contributed by atoms with E-state index in [1.165, 1.54) is 4.90 Å². The van der Waals surface area contributed by atoms with Gasteiger partial charge in [0, 0.05) is 24.2 Å². The fourth-order valence-electron chi connectivity index (χ4n) is 3.27. The number of phenols is 1. The zero-order chi connectivity index (χ0) is 24.6. The average molecular weight is 443 g/mol. The first-order valence-electron chi connectivity index (χ1n) is 10.8. The highest BCUT2D eigenvalue weighted by atomic mass is 16.6. The maximum Gasteiger partial charge on any atom is 0.414 e. The van der Waals surface area contributed by atoms with Gasteiger partial charge in [0.15, 0.2) is 0 Å². The van der Waals surface area contributed by atoms with Crippen LogP contribution < -0.4 is 15.4 Å². The molecule has 0 unspecified atom stereocenters. The smallest absolute Gasteiger partial charge is 0.414 e. The molecular formula is C26H38N2O4. The number of aromatic hydroxyl groups is 1. The number of amides is 1. The summed E-state index contributed by atoms with van der Waals surface area (Å²) in [6, 6.07) is 8.85. The Bertz CT molecular complexity index is 993. The van der Waals surface area contributed by atoms with E-state index in [1.807, 2.05) is 47.6 Å². The molecule has 0 aliphatic heterocycles. The standard InChI is InChI=1S/C26H38N2O4/c1-24(2,3)17-15-22(18(14-21(17)29)25(4,5)6)31-16-11-12-19(27)20(13-16)28(10)23(30)32-26(7,8)9/h11-15,29H,27H2,1-10H3. The van der Waals surface area contributed by atoms with Gasteiger partial charge in [0.25, 0.3) is 0 Å². The number of carbonyl (C=O) groups excluding carboxylic acids is 1. The molecule has 0 atom stereocenters. The van der Waals surface area contributed by atoms with Crippen LogP contribution in [-0.4, -0.2) is 23.8 Å². The van der Waals surface area contributed by atoms with Gasteiger partial charge in [-0.05, 0) is 55.9 Å². The molecule has 0 spiro atoms. The third-order valence-electron chi connectivity index (χ3n) is 4.97. The Morgan fingerprint density at radius 2 is 1.47 bits per heavy atom. The van der Waals surface area contributed by atoms with Crippen LogP contribution >= 0.6 is 0 Å². The van der Waals surface area contributed by atoms with Gasteiger partial charge in [-0.1, -0.05) is 41.5 Å². The SMILES string of the molecule is CN(C(=O)OC(C)(C)C)c1cc(Oc2cc(C(C)(C)C)c(O)cc2C(C)(C)C)ccc1N. The summed E-state index contributed by atoms with van der Waals surface area (Å²) in [6.45, 7) is 17.8. The van der Waals surface area contributed by atoms with E-state index in [2.05, 4.69) is 20.8 Å². The summed E-state index contributed by atoms with van der Waals surface area (Å²) in [5, 5.41) is 10.7. The summed E-state index contributed by atoms with van der Waals surface area (Å²) in [7, 11) is 1.61. The molecule has 2 rings (SSSR count). The number of nitrogen functional groups attached to an aromatic ring is 1. The molecule has 2 aromatic carbocycles. The van der Waals surface area contributed by atoms with E-state index in [0.717, 1.165) is 11.1 Å². The van der Waals surface area contributed by atoms with Crippen molar-refractivity contribution in [2.24, 2.45) is 0 Å². The normalized spacial score (nSPS) is 12.4. The molecule has 32 heavy (non-hydrogen) atoms. The molecule has 0 fully saturated rings. The van der Waals surface area contributed by atoms with E-state index in [-0.39, 0.29) is 16.6 Å². The van der Waals surface area contributed by atoms with E-state index >= 15 is 0 Å². The quantitative estimate of drug-likeness (QED) is 0.515. The molecule has 0 heterocycles. The molecule has 0 radical (unpaired) electrons. The highest BCUT2D eigenvalue weighted by Crippen LogP contribution is 2.42. The van der Waals surface area contributed by atoms with Crippen LogP contribution in [0.5, 0.6) is 17.2 Å². The van der Waals surface area contributed by atoms with Gasteiger partial charge < -0.3 is 20.3 Å². The number of hydrogen-bond acceptors (Lipinski definition) is 5. The third kappa shape index (κ3) is 6.09. The Morgan fingerprint density at radius 3 is 1.97 bits per heavy atom. The second-order valence-electron chi connectivity index (χ2n) is 11.2. The first-order chi connectivity index (χ1) is 14.4. The van der Waals surface area contributed by atoms with Gasteiger partial charge in [-0.15, -0.1) is 0 Å². The Hall–Kier alpha value is -2.89. The Kier molecular flexibility index (Phi) is 6.79. The molecule has 3 N–H and O–H groups in total. The van der Waals surface area contributed by atoms with E-state index in [9.17, 15) is 9.90 Å². The molecule has 0 bridgehead atoms. The number of nitrogens with two attached hydrogens (primary N) is 1. The molecule has 0 saturated heterocycles. The van der Waals surface area contributed by atoms with Crippen molar-refractivity contribution in [3.63, 3.8) is 0 Å². The van der Waals surface area contributed by atoms with Crippen molar-refractivity contribution in [2.45, 2.75) is 78.7 Å². The number of rotatable bonds is 3. The maximum absolute atomic E-state index is 12.5. The number of ether oxygens (including phenoxy) is 2. The number of anilines is 2. The van der Waals surface area contributed by atoms with Crippen molar-refractivity contribution in [3.05, 3.63) is 41.5 Å². The summed E-state index contributed by atoms with van der Waals surface area (Å²) >= 11 is 0. The second kappa shape index (κ2) is 8.57. The van der Waals surface area contributed by atoms with Gasteiger partial charge in [0.2, 0.25) is 0 Å². The minimum Gasteiger partial charge on any atom is -0.508 e. The van der Waals surface area contributed by atoms with Crippen LogP contribution in [0.1, 0.15) is 73.4 Å².